The lowest BCUT2D eigenvalue weighted by Gasteiger charge is -2.41. The molecule has 1 atom stereocenters. The van der Waals surface area contributed by atoms with E-state index in [1.54, 1.807) is 11.8 Å². The molecule has 1 aliphatic heterocycles. The van der Waals surface area contributed by atoms with E-state index < -0.39 is 28.0 Å². The predicted octanol–water partition coefficient (Wildman–Crippen LogP) is 2.92. The smallest absolute Gasteiger partial charge is 0.340 e. The first-order valence-electron chi connectivity index (χ1n) is 7.85. The summed E-state index contributed by atoms with van der Waals surface area (Å²) in [5.41, 5.74) is -1.06. The Balaban J connectivity index is 2.51. The summed E-state index contributed by atoms with van der Waals surface area (Å²) >= 11 is 0. The molecular weight excluding hydrogens is 319 g/mol. The third-order valence-electron chi connectivity index (χ3n) is 4.16. The molecule has 2 rings (SSSR count). The third-order valence-corrected chi connectivity index (χ3v) is 4.16. The van der Waals surface area contributed by atoms with Crippen molar-refractivity contribution < 1.29 is 23.6 Å². The van der Waals surface area contributed by atoms with Crippen molar-refractivity contribution in [3.05, 3.63) is 33.6 Å². The predicted molar refractivity (Wildman–Crippen MR) is 85.9 cm³/mol. The number of nitrogens with zero attached hydrogens (tertiary/aromatic N) is 2. The zero-order valence-electron chi connectivity index (χ0n) is 14.0. The van der Waals surface area contributed by atoms with E-state index in [2.05, 4.69) is 0 Å². The number of hydrogen-bond donors (Lipinski definition) is 0. The fraction of sp³-hybridized carbons (Fsp3) is 0.562. The maximum Gasteiger partial charge on any atom is 0.340 e. The molecule has 0 aliphatic carbocycles. The molecule has 132 valence electrons. The second-order valence-corrected chi connectivity index (χ2v) is 5.87. The lowest BCUT2D eigenvalue weighted by molar-refractivity contribution is -0.385. The SMILES string of the molecule is CCOC(=O)c1cc([N+](=O)[O-])cc(F)c1N1CCOC(C)(CC)C1. The van der Waals surface area contributed by atoms with Crippen LogP contribution in [0.15, 0.2) is 12.1 Å². The quantitative estimate of drug-likeness (QED) is 0.466. The highest BCUT2D eigenvalue weighted by molar-refractivity contribution is 5.97. The van der Waals surface area contributed by atoms with Crippen LogP contribution < -0.4 is 4.90 Å². The molecule has 0 spiro atoms. The maximum absolute atomic E-state index is 14.6. The largest absolute Gasteiger partial charge is 0.462 e. The van der Waals surface area contributed by atoms with E-state index in [1.807, 2.05) is 13.8 Å². The summed E-state index contributed by atoms with van der Waals surface area (Å²) in [7, 11) is 0. The average Bonchev–Trinajstić information content (AvgIpc) is 2.54. The van der Waals surface area contributed by atoms with E-state index in [-0.39, 0.29) is 17.9 Å². The van der Waals surface area contributed by atoms with Crippen molar-refractivity contribution in [2.45, 2.75) is 32.8 Å². The number of ether oxygens (including phenoxy) is 2. The van der Waals surface area contributed by atoms with Crippen molar-refractivity contribution in [2.75, 3.05) is 31.2 Å². The van der Waals surface area contributed by atoms with Gasteiger partial charge >= 0.3 is 5.97 Å². The van der Waals surface area contributed by atoms with Crippen LogP contribution in [0.3, 0.4) is 0 Å². The van der Waals surface area contributed by atoms with Gasteiger partial charge in [-0.15, -0.1) is 0 Å². The first-order valence-corrected chi connectivity index (χ1v) is 7.85. The van der Waals surface area contributed by atoms with Crippen molar-refractivity contribution in [2.24, 2.45) is 0 Å². The fourth-order valence-corrected chi connectivity index (χ4v) is 2.71. The molecule has 0 amide bonds. The summed E-state index contributed by atoms with van der Waals surface area (Å²) < 4.78 is 25.3. The molecule has 24 heavy (non-hydrogen) atoms. The van der Waals surface area contributed by atoms with Crippen LogP contribution in [0.5, 0.6) is 0 Å². The van der Waals surface area contributed by atoms with E-state index in [0.717, 1.165) is 12.1 Å². The Kier molecular flexibility index (Phi) is 5.38. The summed E-state index contributed by atoms with van der Waals surface area (Å²) in [6.07, 6.45) is 0.715. The molecule has 1 aromatic carbocycles. The van der Waals surface area contributed by atoms with Gasteiger partial charge in [0.2, 0.25) is 0 Å². The number of hydrogen-bond acceptors (Lipinski definition) is 6. The Hall–Kier alpha value is -2.22. The number of carbonyl (C=O) groups is 1. The number of anilines is 1. The number of benzene rings is 1. The second kappa shape index (κ2) is 7.12. The topological polar surface area (TPSA) is 81.9 Å². The average molecular weight is 340 g/mol. The fourth-order valence-electron chi connectivity index (χ4n) is 2.71. The minimum atomic E-state index is -0.812. The van der Waals surface area contributed by atoms with Crippen LogP contribution in [0.4, 0.5) is 15.8 Å². The molecule has 1 unspecified atom stereocenters. The van der Waals surface area contributed by atoms with Gasteiger partial charge in [-0.2, -0.15) is 0 Å². The van der Waals surface area contributed by atoms with E-state index in [0.29, 0.717) is 26.1 Å². The van der Waals surface area contributed by atoms with Crippen molar-refractivity contribution in [1.82, 2.24) is 0 Å². The molecule has 0 aromatic heterocycles. The van der Waals surface area contributed by atoms with Crippen molar-refractivity contribution in [3.63, 3.8) is 0 Å². The van der Waals surface area contributed by atoms with E-state index in [1.165, 1.54) is 0 Å². The molecule has 0 saturated carbocycles. The summed E-state index contributed by atoms with van der Waals surface area (Å²) in [5.74, 6) is -1.59. The Morgan fingerprint density at radius 3 is 2.79 bits per heavy atom. The van der Waals surface area contributed by atoms with Gasteiger partial charge in [0.05, 0.1) is 41.1 Å². The summed E-state index contributed by atoms with van der Waals surface area (Å²) in [6.45, 7) is 6.73. The number of nitro benzene ring substituents is 1. The van der Waals surface area contributed by atoms with Crippen LogP contribution >= 0.6 is 0 Å². The number of non-ortho nitro benzene ring substituents is 1. The number of carbonyl (C=O) groups excluding carboxylic acids is 1. The van der Waals surface area contributed by atoms with Crippen LogP contribution in [0.1, 0.15) is 37.6 Å². The van der Waals surface area contributed by atoms with Crippen LogP contribution in [0, 0.1) is 15.9 Å². The molecule has 0 bridgehead atoms. The molecule has 7 nitrogen and oxygen atoms in total. The van der Waals surface area contributed by atoms with Gasteiger partial charge in [0.1, 0.15) is 0 Å². The number of morpholine rings is 1. The van der Waals surface area contributed by atoms with Crippen molar-refractivity contribution in [1.29, 1.82) is 0 Å². The van der Waals surface area contributed by atoms with Crippen LogP contribution in [0.25, 0.3) is 0 Å². The molecule has 1 aliphatic rings. The Morgan fingerprint density at radius 2 is 2.21 bits per heavy atom. The van der Waals surface area contributed by atoms with Gasteiger partial charge in [0.15, 0.2) is 5.82 Å². The van der Waals surface area contributed by atoms with E-state index in [9.17, 15) is 19.3 Å². The number of nitro groups is 1. The van der Waals surface area contributed by atoms with Gasteiger partial charge in [-0.25, -0.2) is 9.18 Å². The Bertz CT molecular complexity index is 652. The molecule has 1 heterocycles. The molecule has 1 aromatic rings. The minimum Gasteiger partial charge on any atom is -0.462 e. The summed E-state index contributed by atoms with van der Waals surface area (Å²) in [6, 6.07) is 1.89. The second-order valence-electron chi connectivity index (χ2n) is 5.87. The molecule has 1 saturated heterocycles. The van der Waals surface area contributed by atoms with Crippen molar-refractivity contribution in [3.8, 4) is 0 Å². The van der Waals surface area contributed by atoms with Gasteiger partial charge in [0.25, 0.3) is 5.69 Å². The first kappa shape index (κ1) is 18.1. The van der Waals surface area contributed by atoms with Crippen molar-refractivity contribution >= 4 is 17.3 Å². The van der Waals surface area contributed by atoms with Gasteiger partial charge < -0.3 is 14.4 Å². The lowest BCUT2D eigenvalue weighted by atomic mass is 9.99. The zero-order chi connectivity index (χ0) is 17.9. The van der Waals surface area contributed by atoms with E-state index >= 15 is 0 Å². The highest BCUT2D eigenvalue weighted by Gasteiger charge is 2.34. The maximum atomic E-state index is 14.6. The minimum absolute atomic E-state index is 0.0297. The van der Waals surface area contributed by atoms with Crippen LogP contribution in [-0.4, -0.2) is 42.8 Å². The Morgan fingerprint density at radius 1 is 1.50 bits per heavy atom. The Labute approximate surface area is 139 Å². The van der Waals surface area contributed by atoms with E-state index in [4.69, 9.17) is 9.47 Å². The summed E-state index contributed by atoms with van der Waals surface area (Å²) in [5, 5.41) is 11.0. The first-order chi connectivity index (χ1) is 11.3. The molecule has 0 N–H and O–H groups in total. The standard InChI is InChI=1S/C16H21FN2O5/c1-4-16(3)10-18(6-7-24-16)14-12(15(20)23-5-2)8-11(19(21)22)9-13(14)17/h8-9H,4-7,10H2,1-3H3. The van der Waals surface area contributed by atoms with Crippen LogP contribution in [-0.2, 0) is 9.47 Å². The monoisotopic (exact) mass is 340 g/mol. The lowest BCUT2D eigenvalue weighted by Crippen LogP contribution is -2.50. The molecule has 1 fully saturated rings. The number of rotatable bonds is 5. The van der Waals surface area contributed by atoms with Gasteiger partial charge in [-0.05, 0) is 20.3 Å². The third kappa shape index (κ3) is 3.64. The van der Waals surface area contributed by atoms with Gasteiger partial charge in [0, 0.05) is 19.2 Å². The molecule has 8 heteroatoms. The highest BCUT2D eigenvalue weighted by atomic mass is 19.1. The highest BCUT2D eigenvalue weighted by Crippen LogP contribution is 2.33. The molecular formula is C16H21FN2O5. The normalized spacial score (nSPS) is 20.8. The number of esters is 1. The number of halogens is 1. The van der Waals surface area contributed by atoms with Gasteiger partial charge in [-0.1, -0.05) is 6.92 Å². The molecule has 0 radical (unpaired) electrons. The van der Waals surface area contributed by atoms with Gasteiger partial charge in [-0.3, -0.25) is 10.1 Å². The van der Waals surface area contributed by atoms with Crippen LogP contribution in [0.2, 0.25) is 0 Å². The zero-order valence-corrected chi connectivity index (χ0v) is 14.0. The summed E-state index contributed by atoms with van der Waals surface area (Å²) in [4.78, 5) is 24.1.